The van der Waals surface area contributed by atoms with E-state index >= 15 is 0 Å². The zero-order valence-electron chi connectivity index (χ0n) is 12.1. The number of halogens is 2. The van der Waals surface area contributed by atoms with E-state index in [1.807, 2.05) is 31.2 Å². The fraction of sp³-hybridized carbons (Fsp3) is 0.125. The molecule has 1 unspecified atom stereocenters. The molecule has 0 spiro atoms. The Balaban J connectivity index is 1.69. The van der Waals surface area contributed by atoms with Gasteiger partial charge in [0.2, 0.25) is 5.91 Å². The van der Waals surface area contributed by atoms with E-state index in [0.29, 0.717) is 20.9 Å². The Morgan fingerprint density at radius 3 is 2.61 bits per heavy atom. The van der Waals surface area contributed by atoms with E-state index in [9.17, 15) is 4.79 Å². The number of hydrogen-bond acceptors (Lipinski definition) is 3. The second-order valence-corrected chi connectivity index (χ2v) is 7.17. The van der Waals surface area contributed by atoms with Gasteiger partial charge in [0.25, 0.3) is 0 Å². The predicted octanol–water partition coefficient (Wildman–Crippen LogP) is 4.99. The number of nitrogens with one attached hydrogen (secondary N) is 2. The third-order valence-electron chi connectivity index (χ3n) is 3.16. The van der Waals surface area contributed by atoms with Crippen LogP contribution < -0.4 is 5.32 Å². The number of aromatic amines is 1. The van der Waals surface area contributed by atoms with E-state index in [2.05, 4.69) is 15.3 Å². The summed E-state index contributed by atoms with van der Waals surface area (Å²) in [6, 6.07) is 12.7. The summed E-state index contributed by atoms with van der Waals surface area (Å²) >= 11 is 13.2. The van der Waals surface area contributed by atoms with Crippen LogP contribution in [0.4, 0.5) is 5.69 Å². The van der Waals surface area contributed by atoms with Crippen molar-refractivity contribution >= 4 is 57.6 Å². The summed E-state index contributed by atoms with van der Waals surface area (Å²) in [4.78, 5) is 19.9. The van der Waals surface area contributed by atoms with Gasteiger partial charge in [-0.3, -0.25) is 4.79 Å². The lowest BCUT2D eigenvalue weighted by Crippen LogP contribution is -2.22. The molecule has 1 amide bonds. The highest BCUT2D eigenvalue weighted by Crippen LogP contribution is 2.26. The number of rotatable bonds is 4. The highest BCUT2D eigenvalue weighted by molar-refractivity contribution is 8.00. The van der Waals surface area contributed by atoms with E-state index in [1.54, 1.807) is 18.2 Å². The smallest absolute Gasteiger partial charge is 0.237 e. The average Bonchev–Trinajstić information content (AvgIpc) is 2.88. The number of carbonyl (C=O) groups is 1. The number of amides is 1. The van der Waals surface area contributed by atoms with E-state index in [0.717, 1.165) is 11.0 Å². The number of thioether (sulfide) groups is 1. The van der Waals surface area contributed by atoms with Gasteiger partial charge >= 0.3 is 0 Å². The van der Waals surface area contributed by atoms with Gasteiger partial charge in [0.1, 0.15) is 0 Å². The Morgan fingerprint density at radius 2 is 1.91 bits per heavy atom. The molecule has 7 heteroatoms. The molecule has 118 valence electrons. The number of benzene rings is 2. The van der Waals surface area contributed by atoms with Crippen LogP contribution in [0.5, 0.6) is 0 Å². The number of anilines is 1. The molecule has 23 heavy (non-hydrogen) atoms. The topological polar surface area (TPSA) is 57.8 Å². The first-order chi connectivity index (χ1) is 11.0. The van der Waals surface area contributed by atoms with Crippen molar-refractivity contribution in [3.63, 3.8) is 0 Å². The van der Waals surface area contributed by atoms with E-state index in [-0.39, 0.29) is 11.2 Å². The van der Waals surface area contributed by atoms with Crippen molar-refractivity contribution in [2.24, 2.45) is 0 Å². The molecule has 0 fully saturated rings. The molecule has 1 aromatic heterocycles. The van der Waals surface area contributed by atoms with Crippen molar-refractivity contribution in [1.29, 1.82) is 0 Å². The third-order valence-corrected chi connectivity index (χ3v) is 4.58. The number of aromatic nitrogens is 2. The van der Waals surface area contributed by atoms with Crippen molar-refractivity contribution in [3.8, 4) is 0 Å². The monoisotopic (exact) mass is 365 g/mol. The number of para-hydroxylation sites is 2. The van der Waals surface area contributed by atoms with Crippen LogP contribution in [0.3, 0.4) is 0 Å². The Morgan fingerprint density at radius 1 is 1.22 bits per heavy atom. The summed E-state index contributed by atoms with van der Waals surface area (Å²) < 4.78 is 0. The summed E-state index contributed by atoms with van der Waals surface area (Å²) in [5.41, 5.74) is 2.40. The third kappa shape index (κ3) is 3.99. The summed E-state index contributed by atoms with van der Waals surface area (Å²) in [6.45, 7) is 1.82. The van der Waals surface area contributed by atoms with Crippen LogP contribution in [0.2, 0.25) is 10.0 Å². The summed E-state index contributed by atoms with van der Waals surface area (Å²) in [7, 11) is 0. The van der Waals surface area contributed by atoms with Crippen LogP contribution in [0.15, 0.2) is 47.6 Å². The maximum absolute atomic E-state index is 12.3. The summed E-state index contributed by atoms with van der Waals surface area (Å²) in [5.74, 6) is -0.145. The largest absolute Gasteiger partial charge is 0.333 e. The first kappa shape index (κ1) is 16.2. The Kier molecular flexibility index (Phi) is 4.80. The molecule has 2 N–H and O–H groups in total. The van der Waals surface area contributed by atoms with E-state index < -0.39 is 0 Å². The first-order valence-corrected chi connectivity index (χ1v) is 8.53. The van der Waals surface area contributed by atoms with Crippen LogP contribution in [0, 0.1) is 0 Å². The molecule has 0 aliphatic rings. The second kappa shape index (κ2) is 6.83. The lowest BCUT2D eigenvalue weighted by atomic mass is 10.3. The van der Waals surface area contributed by atoms with Crippen LogP contribution in [-0.4, -0.2) is 21.1 Å². The van der Waals surface area contributed by atoms with Gasteiger partial charge in [-0.15, -0.1) is 0 Å². The first-order valence-electron chi connectivity index (χ1n) is 6.89. The fourth-order valence-corrected chi connectivity index (χ4v) is 3.42. The minimum atomic E-state index is -0.326. The average molecular weight is 366 g/mol. The van der Waals surface area contributed by atoms with Crippen LogP contribution in [0.25, 0.3) is 11.0 Å². The van der Waals surface area contributed by atoms with Crippen LogP contribution in [0.1, 0.15) is 6.92 Å². The second-order valence-electron chi connectivity index (χ2n) is 4.97. The minimum absolute atomic E-state index is 0.145. The lowest BCUT2D eigenvalue weighted by molar-refractivity contribution is -0.115. The standard InChI is InChI=1S/C16H13Cl2N3OS/c1-9(15(22)19-12-7-10(17)6-11(18)8-12)23-16-20-13-4-2-3-5-14(13)21-16/h2-9H,1H3,(H,19,22)(H,20,21). The molecule has 0 saturated heterocycles. The number of fused-ring (bicyclic) bond motifs is 1. The molecule has 0 radical (unpaired) electrons. The molecular weight excluding hydrogens is 353 g/mol. The zero-order valence-corrected chi connectivity index (χ0v) is 14.5. The van der Waals surface area contributed by atoms with Gasteiger partial charge in [0.05, 0.1) is 16.3 Å². The Bertz CT molecular complexity index is 812. The van der Waals surface area contributed by atoms with Gasteiger partial charge in [-0.2, -0.15) is 0 Å². The van der Waals surface area contributed by atoms with Crippen LogP contribution in [-0.2, 0) is 4.79 Å². The Labute approximate surface area is 147 Å². The molecule has 0 bridgehead atoms. The maximum atomic E-state index is 12.3. The van der Waals surface area contributed by atoms with Crippen molar-refractivity contribution < 1.29 is 4.79 Å². The number of carbonyl (C=O) groups excluding carboxylic acids is 1. The van der Waals surface area contributed by atoms with Gasteiger partial charge in [-0.1, -0.05) is 47.1 Å². The molecule has 0 aliphatic carbocycles. The molecule has 0 saturated carbocycles. The quantitative estimate of drug-likeness (QED) is 0.640. The SMILES string of the molecule is CC(Sc1nc2ccccc2[nH]1)C(=O)Nc1cc(Cl)cc(Cl)c1. The van der Waals surface area contributed by atoms with Crippen molar-refractivity contribution in [3.05, 3.63) is 52.5 Å². The molecule has 2 aromatic carbocycles. The van der Waals surface area contributed by atoms with E-state index in [4.69, 9.17) is 23.2 Å². The Hall–Kier alpha value is -1.69. The normalized spacial score (nSPS) is 12.3. The molecular formula is C16H13Cl2N3OS. The highest BCUT2D eigenvalue weighted by Gasteiger charge is 2.17. The van der Waals surface area contributed by atoms with Crippen molar-refractivity contribution in [2.75, 3.05) is 5.32 Å². The fourth-order valence-electron chi connectivity index (χ4n) is 2.08. The summed E-state index contributed by atoms with van der Waals surface area (Å²) in [6.07, 6.45) is 0. The maximum Gasteiger partial charge on any atom is 0.237 e. The molecule has 0 aliphatic heterocycles. The number of H-pyrrole nitrogens is 1. The van der Waals surface area contributed by atoms with Crippen molar-refractivity contribution in [2.45, 2.75) is 17.3 Å². The van der Waals surface area contributed by atoms with Crippen LogP contribution >= 0.6 is 35.0 Å². The van der Waals surface area contributed by atoms with Gasteiger partial charge in [-0.25, -0.2) is 4.98 Å². The number of hydrogen-bond donors (Lipinski definition) is 2. The zero-order chi connectivity index (χ0) is 16.4. The number of nitrogens with zero attached hydrogens (tertiary/aromatic N) is 1. The van der Waals surface area contributed by atoms with Gasteiger partial charge in [-0.05, 0) is 37.3 Å². The molecule has 1 heterocycles. The molecule has 3 aromatic rings. The molecule has 4 nitrogen and oxygen atoms in total. The molecule has 1 atom stereocenters. The number of imidazole rings is 1. The lowest BCUT2D eigenvalue weighted by Gasteiger charge is -2.11. The predicted molar refractivity (Wildman–Crippen MR) is 96.5 cm³/mol. The summed E-state index contributed by atoms with van der Waals surface area (Å²) in [5, 5.41) is 4.14. The highest BCUT2D eigenvalue weighted by atomic mass is 35.5. The van der Waals surface area contributed by atoms with Gasteiger partial charge in [0, 0.05) is 15.7 Å². The van der Waals surface area contributed by atoms with E-state index in [1.165, 1.54) is 11.8 Å². The van der Waals surface area contributed by atoms with Gasteiger partial charge < -0.3 is 10.3 Å². The van der Waals surface area contributed by atoms with Crippen molar-refractivity contribution in [1.82, 2.24) is 9.97 Å². The van der Waals surface area contributed by atoms with Gasteiger partial charge in [0.15, 0.2) is 5.16 Å². The molecule has 3 rings (SSSR count). The minimum Gasteiger partial charge on any atom is -0.333 e.